The van der Waals surface area contributed by atoms with E-state index in [9.17, 15) is 0 Å². The lowest BCUT2D eigenvalue weighted by molar-refractivity contribution is 0.122. The Labute approximate surface area is 122 Å². The van der Waals surface area contributed by atoms with Crippen LogP contribution in [-0.4, -0.2) is 42.7 Å². The SMILES string of the molecule is CCNC(C)c1ccnc(OCC2CCCCN2C)c1. The van der Waals surface area contributed by atoms with Crippen LogP contribution in [0.25, 0.3) is 0 Å². The Morgan fingerprint density at radius 1 is 1.50 bits per heavy atom. The molecule has 1 N–H and O–H groups in total. The number of piperidine rings is 1. The summed E-state index contributed by atoms with van der Waals surface area (Å²) in [6.45, 7) is 7.17. The van der Waals surface area contributed by atoms with E-state index in [1.165, 1.54) is 31.4 Å². The van der Waals surface area contributed by atoms with Crippen LogP contribution in [-0.2, 0) is 0 Å². The lowest BCUT2D eigenvalue weighted by Gasteiger charge is -2.32. The summed E-state index contributed by atoms with van der Waals surface area (Å²) in [4.78, 5) is 6.72. The molecule has 1 fully saturated rings. The number of ether oxygens (including phenoxy) is 1. The zero-order chi connectivity index (χ0) is 14.4. The summed E-state index contributed by atoms with van der Waals surface area (Å²) in [7, 11) is 2.18. The van der Waals surface area contributed by atoms with Crippen molar-refractivity contribution < 1.29 is 4.74 Å². The van der Waals surface area contributed by atoms with Crippen molar-refractivity contribution in [2.45, 2.75) is 45.2 Å². The van der Waals surface area contributed by atoms with Gasteiger partial charge >= 0.3 is 0 Å². The fourth-order valence-corrected chi connectivity index (χ4v) is 2.73. The highest BCUT2D eigenvalue weighted by molar-refractivity contribution is 5.23. The highest BCUT2D eigenvalue weighted by Gasteiger charge is 2.19. The van der Waals surface area contributed by atoms with E-state index in [0.717, 1.165) is 19.0 Å². The first-order valence-electron chi connectivity index (χ1n) is 7.73. The normalized spacial score (nSPS) is 21.6. The zero-order valence-electron chi connectivity index (χ0n) is 12.9. The molecule has 2 atom stereocenters. The number of aromatic nitrogens is 1. The van der Waals surface area contributed by atoms with Crippen molar-refractivity contribution in [3.05, 3.63) is 23.9 Å². The predicted octanol–water partition coefficient (Wildman–Crippen LogP) is 2.62. The van der Waals surface area contributed by atoms with Gasteiger partial charge in [0.25, 0.3) is 0 Å². The van der Waals surface area contributed by atoms with Crippen LogP contribution in [0.1, 0.15) is 44.7 Å². The molecule has 0 bridgehead atoms. The molecule has 0 saturated carbocycles. The second-order valence-electron chi connectivity index (χ2n) is 5.65. The molecule has 2 unspecified atom stereocenters. The highest BCUT2D eigenvalue weighted by Crippen LogP contribution is 2.19. The Morgan fingerprint density at radius 2 is 2.35 bits per heavy atom. The zero-order valence-corrected chi connectivity index (χ0v) is 12.9. The van der Waals surface area contributed by atoms with E-state index in [1.54, 1.807) is 0 Å². The molecule has 1 saturated heterocycles. The summed E-state index contributed by atoms with van der Waals surface area (Å²) in [6.07, 6.45) is 5.68. The van der Waals surface area contributed by atoms with Crippen LogP contribution in [0.5, 0.6) is 5.88 Å². The van der Waals surface area contributed by atoms with Crippen LogP contribution < -0.4 is 10.1 Å². The number of pyridine rings is 1. The summed E-state index contributed by atoms with van der Waals surface area (Å²) < 4.78 is 5.90. The van der Waals surface area contributed by atoms with Gasteiger partial charge in [-0.2, -0.15) is 0 Å². The second-order valence-corrected chi connectivity index (χ2v) is 5.65. The van der Waals surface area contributed by atoms with E-state index in [-0.39, 0.29) is 0 Å². The maximum absolute atomic E-state index is 5.90. The lowest BCUT2D eigenvalue weighted by atomic mass is 10.0. The minimum atomic E-state index is 0.336. The van der Waals surface area contributed by atoms with Gasteiger partial charge in [0, 0.05) is 24.3 Å². The molecule has 1 aliphatic heterocycles. The molecule has 4 nitrogen and oxygen atoms in total. The minimum absolute atomic E-state index is 0.336. The van der Waals surface area contributed by atoms with Gasteiger partial charge < -0.3 is 15.0 Å². The smallest absolute Gasteiger partial charge is 0.213 e. The summed E-state index contributed by atoms with van der Waals surface area (Å²) in [6, 6.07) is 4.96. The average molecular weight is 277 g/mol. The van der Waals surface area contributed by atoms with Crippen LogP contribution in [0.2, 0.25) is 0 Å². The molecule has 1 aromatic rings. The summed E-state index contributed by atoms with van der Waals surface area (Å²) in [5.74, 6) is 0.742. The standard InChI is InChI=1S/C16H27N3O/c1-4-17-13(2)14-8-9-18-16(11-14)20-12-15-7-5-6-10-19(15)3/h8-9,11,13,15,17H,4-7,10,12H2,1-3H3. The van der Waals surface area contributed by atoms with Crippen molar-refractivity contribution in [2.24, 2.45) is 0 Å². The topological polar surface area (TPSA) is 37.4 Å². The molecule has 0 aliphatic carbocycles. The van der Waals surface area contributed by atoms with Crippen molar-refractivity contribution in [3.8, 4) is 5.88 Å². The fourth-order valence-electron chi connectivity index (χ4n) is 2.73. The first kappa shape index (κ1) is 15.3. The Morgan fingerprint density at radius 3 is 3.10 bits per heavy atom. The third kappa shape index (κ3) is 4.18. The molecule has 2 heterocycles. The van der Waals surface area contributed by atoms with Crippen molar-refractivity contribution in [3.63, 3.8) is 0 Å². The molecule has 2 rings (SSSR count). The van der Waals surface area contributed by atoms with E-state index in [4.69, 9.17) is 4.74 Å². The Bertz CT molecular complexity index is 410. The van der Waals surface area contributed by atoms with E-state index in [1.807, 2.05) is 12.3 Å². The van der Waals surface area contributed by atoms with Crippen LogP contribution in [0.15, 0.2) is 18.3 Å². The highest BCUT2D eigenvalue weighted by atomic mass is 16.5. The van der Waals surface area contributed by atoms with Gasteiger partial charge in [-0.25, -0.2) is 4.98 Å². The van der Waals surface area contributed by atoms with Crippen LogP contribution in [0.4, 0.5) is 0 Å². The Balaban J connectivity index is 1.90. The second kappa shape index (κ2) is 7.60. The predicted molar refractivity (Wildman–Crippen MR) is 82.1 cm³/mol. The van der Waals surface area contributed by atoms with E-state index in [2.05, 4.69) is 42.2 Å². The van der Waals surface area contributed by atoms with Crippen molar-refractivity contribution in [1.29, 1.82) is 0 Å². The summed E-state index contributed by atoms with van der Waals surface area (Å²) in [5.41, 5.74) is 1.23. The third-order valence-corrected chi connectivity index (χ3v) is 4.11. The number of likely N-dealkylation sites (N-methyl/N-ethyl adjacent to an activating group) is 1. The number of rotatable bonds is 6. The number of hydrogen-bond donors (Lipinski definition) is 1. The maximum atomic E-state index is 5.90. The van der Waals surface area contributed by atoms with Crippen LogP contribution >= 0.6 is 0 Å². The monoisotopic (exact) mass is 277 g/mol. The molecule has 1 aromatic heterocycles. The molecule has 0 aromatic carbocycles. The van der Waals surface area contributed by atoms with Gasteiger partial charge in [0.05, 0.1) is 0 Å². The molecule has 0 radical (unpaired) electrons. The van der Waals surface area contributed by atoms with Gasteiger partial charge in [-0.1, -0.05) is 13.3 Å². The van der Waals surface area contributed by atoms with Crippen molar-refractivity contribution >= 4 is 0 Å². The van der Waals surface area contributed by atoms with Crippen molar-refractivity contribution in [2.75, 3.05) is 26.7 Å². The first-order chi connectivity index (χ1) is 9.70. The van der Waals surface area contributed by atoms with E-state index in [0.29, 0.717) is 12.1 Å². The summed E-state index contributed by atoms with van der Waals surface area (Å²) >= 11 is 0. The number of likely N-dealkylation sites (tertiary alicyclic amines) is 1. The van der Waals surface area contributed by atoms with E-state index < -0.39 is 0 Å². The molecule has 0 spiro atoms. The number of nitrogens with one attached hydrogen (secondary N) is 1. The van der Waals surface area contributed by atoms with Gasteiger partial charge in [0.2, 0.25) is 5.88 Å². The quantitative estimate of drug-likeness (QED) is 0.867. The lowest BCUT2D eigenvalue weighted by Crippen LogP contribution is -2.40. The van der Waals surface area contributed by atoms with Crippen LogP contribution in [0, 0.1) is 0 Å². The number of nitrogens with zero attached hydrogens (tertiary/aromatic N) is 2. The molecule has 4 heteroatoms. The largest absolute Gasteiger partial charge is 0.476 e. The molecule has 112 valence electrons. The van der Waals surface area contributed by atoms with Gasteiger partial charge in [0.15, 0.2) is 0 Å². The average Bonchev–Trinajstić information content (AvgIpc) is 2.47. The molecular formula is C16H27N3O. The van der Waals surface area contributed by atoms with Gasteiger partial charge in [-0.15, -0.1) is 0 Å². The molecule has 0 amide bonds. The van der Waals surface area contributed by atoms with E-state index >= 15 is 0 Å². The molecular weight excluding hydrogens is 250 g/mol. The maximum Gasteiger partial charge on any atom is 0.213 e. The molecule has 1 aliphatic rings. The van der Waals surface area contributed by atoms with Gasteiger partial charge in [-0.3, -0.25) is 0 Å². The Hall–Kier alpha value is -1.13. The fraction of sp³-hybridized carbons (Fsp3) is 0.688. The van der Waals surface area contributed by atoms with Gasteiger partial charge in [-0.05, 0) is 51.5 Å². The van der Waals surface area contributed by atoms with Gasteiger partial charge in [0.1, 0.15) is 6.61 Å². The third-order valence-electron chi connectivity index (χ3n) is 4.11. The molecule has 20 heavy (non-hydrogen) atoms. The first-order valence-corrected chi connectivity index (χ1v) is 7.73. The minimum Gasteiger partial charge on any atom is -0.476 e. The summed E-state index contributed by atoms with van der Waals surface area (Å²) in [5, 5.41) is 3.41. The Kier molecular flexibility index (Phi) is 5.80. The van der Waals surface area contributed by atoms with Crippen molar-refractivity contribution in [1.82, 2.24) is 15.2 Å². The number of hydrogen-bond acceptors (Lipinski definition) is 4. The van der Waals surface area contributed by atoms with Crippen LogP contribution in [0.3, 0.4) is 0 Å².